The maximum absolute atomic E-state index is 12.3. The zero-order chi connectivity index (χ0) is 17.7. The van der Waals surface area contributed by atoms with Gasteiger partial charge in [0.15, 0.2) is 0 Å². The summed E-state index contributed by atoms with van der Waals surface area (Å²) in [6, 6.07) is 14.4. The summed E-state index contributed by atoms with van der Waals surface area (Å²) in [7, 11) is -0.561. The molecule has 0 aliphatic carbocycles. The number of carbonyl (C=O) groups excluding carboxylic acids is 1. The lowest BCUT2D eigenvalue weighted by atomic mass is 10.1. The molecule has 0 bridgehead atoms. The summed E-state index contributed by atoms with van der Waals surface area (Å²) in [6.07, 6.45) is 0.273. The Bertz CT molecular complexity index is 830. The van der Waals surface area contributed by atoms with Gasteiger partial charge in [0.05, 0.1) is 11.3 Å². The Balaban J connectivity index is 2.10. The molecule has 0 aromatic heterocycles. The summed E-state index contributed by atoms with van der Waals surface area (Å²) in [6.45, 7) is 2.13. The van der Waals surface area contributed by atoms with E-state index < -0.39 is 10.0 Å². The van der Waals surface area contributed by atoms with Crippen molar-refractivity contribution in [3.05, 3.63) is 65.2 Å². The van der Waals surface area contributed by atoms with Gasteiger partial charge in [0.1, 0.15) is 0 Å². The highest BCUT2D eigenvalue weighted by Crippen LogP contribution is 2.18. The lowest BCUT2D eigenvalue weighted by Crippen LogP contribution is -2.28. The van der Waals surface area contributed by atoms with E-state index in [0.717, 1.165) is 11.1 Å². The molecule has 0 saturated heterocycles. The number of benzene rings is 2. The van der Waals surface area contributed by atoms with Gasteiger partial charge in [0.25, 0.3) is 0 Å². The number of rotatable bonds is 6. The standard InChI is InChI=1S/C18H22N2O3S/c1-14-8-4-5-9-15(14)12-18(21)19-13-16-10-6-7-11-17(16)24(22,23)20(2)3/h4-11H,12-13H2,1-3H3,(H,19,21). The molecule has 0 atom stereocenters. The van der Waals surface area contributed by atoms with E-state index >= 15 is 0 Å². The van der Waals surface area contributed by atoms with Gasteiger partial charge in [-0.05, 0) is 29.7 Å². The Labute approximate surface area is 143 Å². The van der Waals surface area contributed by atoms with Gasteiger partial charge in [-0.15, -0.1) is 0 Å². The van der Waals surface area contributed by atoms with Crippen molar-refractivity contribution in [2.45, 2.75) is 24.8 Å². The molecule has 0 saturated carbocycles. The molecule has 0 spiro atoms. The average molecular weight is 346 g/mol. The SMILES string of the molecule is Cc1ccccc1CC(=O)NCc1ccccc1S(=O)(=O)N(C)C. The van der Waals surface area contributed by atoms with Gasteiger partial charge in [-0.25, -0.2) is 12.7 Å². The minimum absolute atomic E-state index is 0.138. The molecule has 0 unspecified atom stereocenters. The third kappa shape index (κ3) is 4.21. The number of sulfonamides is 1. The molecular formula is C18H22N2O3S. The molecule has 0 fully saturated rings. The van der Waals surface area contributed by atoms with Crippen LogP contribution in [0.3, 0.4) is 0 Å². The van der Waals surface area contributed by atoms with E-state index in [1.165, 1.54) is 18.4 Å². The summed E-state index contributed by atoms with van der Waals surface area (Å²) >= 11 is 0. The van der Waals surface area contributed by atoms with Crippen LogP contribution in [0.15, 0.2) is 53.4 Å². The van der Waals surface area contributed by atoms with E-state index in [-0.39, 0.29) is 23.8 Å². The van der Waals surface area contributed by atoms with Crippen LogP contribution >= 0.6 is 0 Å². The summed E-state index contributed by atoms with van der Waals surface area (Å²) in [5, 5.41) is 2.80. The molecule has 1 amide bonds. The van der Waals surface area contributed by atoms with Crippen LogP contribution in [0.1, 0.15) is 16.7 Å². The van der Waals surface area contributed by atoms with Crippen LogP contribution in [-0.4, -0.2) is 32.7 Å². The maximum atomic E-state index is 12.3. The van der Waals surface area contributed by atoms with E-state index in [1.807, 2.05) is 31.2 Å². The van der Waals surface area contributed by atoms with E-state index in [4.69, 9.17) is 0 Å². The van der Waals surface area contributed by atoms with Crippen molar-refractivity contribution in [3.63, 3.8) is 0 Å². The van der Waals surface area contributed by atoms with Crippen LogP contribution in [0.2, 0.25) is 0 Å². The van der Waals surface area contributed by atoms with E-state index in [9.17, 15) is 13.2 Å². The average Bonchev–Trinajstić information content (AvgIpc) is 2.55. The number of carbonyl (C=O) groups is 1. The van der Waals surface area contributed by atoms with Crippen LogP contribution in [0.4, 0.5) is 0 Å². The maximum Gasteiger partial charge on any atom is 0.242 e. The third-order valence-electron chi connectivity index (χ3n) is 3.82. The van der Waals surface area contributed by atoms with Crippen molar-refractivity contribution in [1.29, 1.82) is 0 Å². The Morgan fingerprint density at radius 3 is 2.21 bits per heavy atom. The van der Waals surface area contributed by atoms with Gasteiger partial charge in [-0.2, -0.15) is 0 Å². The number of nitrogens with one attached hydrogen (secondary N) is 1. The highest BCUT2D eigenvalue weighted by molar-refractivity contribution is 7.89. The Hall–Kier alpha value is -2.18. The van der Waals surface area contributed by atoms with Crippen LogP contribution in [0.5, 0.6) is 0 Å². The summed E-state index contributed by atoms with van der Waals surface area (Å²) in [5.41, 5.74) is 2.59. The van der Waals surface area contributed by atoms with Gasteiger partial charge >= 0.3 is 0 Å². The van der Waals surface area contributed by atoms with Crippen molar-refractivity contribution < 1.29 is 13.2 Å². The molecule has 0 radical (unpaired) electrons. The minimum Gasteiger partial charge on any atom is -0.352 e. The second-order valence-corrected chi connectivity index (χ2v) is 7.90. The predicted molar refractivity (Wildman–Crippen MR) is 94.0 cm³/mol. The molecule has 0 aliphatic rings. The summed E-state index contributed by atoms with van der Waals surface area (Å²) in [5.74, 6) is -0.138. The quantitative estimate of drug-likeness (QED) is 0.871. The molecule has 2 aromatic carbocycles. The number of hydrogen-bond donors (Lipinski definition) is 1. The Morgan fingerprint density at radius 2 is 1.58 bits per heavy atom. The number of aryl methyl sites for hydroxylation is 1. The van der Waals surface area contributed by atoms with Crippen molar-refractivity contribution in [1.82, 2.24) is 9.62 Å². The molecule has 24 heavy (non-hydrogen) atoms. The Kier molecular flexibility index (Phi) is 5.75. The van der Waals surface area contributed by atoms with Crippen molar-refractivity contribution in [3.8, 4) is 0 Å². The lowest BCUT2D eigenvalue weighted by Gasteiger charge is -2.15. The molecule has 128 valence electrons. The van der Waals surface area contributed by atoms with Crippen molar-refractivity contribution in [2.24, 2.45) is 0 Å². The summed E-state index contributed by atoms with van der Waals surface area (Å²) in [4.78, 5) is 12.4. The third-order valence-corrected chi connectivity index (χ3v) is 5.74. The molecule has 5 nitrogen and oxygen atoms in total. The van der Waals surface area contributed by atoms with Gasteiger partial charge in [-0.3, -0.25) is 4.79 Å². The fourth-order valence-electron chi connectivity index (χ4n) is 2.34. The smallest absolute Gasteiger partial charge is 0.242 e. The summed E-state index contributed by atoms with van der Waals surface area (Å²) < 4.78 is 25.9. The first-order valence-electron chi connectivity index (χ1n) is 7.64. The first kappa shape index (κ1) is 18.2. The molecular weight excluding hydrogens is 324 g/mol. The van der Waals surface area contributed by atoms with E-state index in [0.29, 0.717) is 5.56 Å². The predicted octanol–water partition coefficient (Wildman–Crippen LogP) is 2.10. The Morgan fingerprint density at radius 1 is 1.00 bits per heavy atom. The van der Waals surface area contributed by atoms with Crippen LogP contribution in [-0.2, 0) is 27.8 Å². The number of hydrogen-bond acceptors (Lipinski definition) is 3. The topological polar surface area (TPSA) is 66.5 Å². The molecule has 1 N–H and O–H groups in total. The molecule has 2 aromatic rings. The number of amides is 1. The lowest BCUT2D eigenvalue weighted by molar-refractivity contribution is -0.120. The van der Waals surface area contributed by atoms with Crippen molar-refractivity contribution in [2.75, 3.05) is 14.1 Å². The fourth-order valence-corrected chi connectivity index (χ4v) is 3.45. The van der Waals surface area contributed by atoms with E-state index in [1.54, 1.807) is 24.3 Å². The monoisotopic (exact) mass is 346 g/mol. The zero-order valence-electron chi connectivity index (χ0n) is 14.1. The first-order valence-corrected chi connectivity index (χ1v) is 9.08. The van der Waals surface area contributed by atoms with Gasteiger partial charge in [0, 0.05) is 20.6 Å². The highest BCUT2D eigenvalue weighted by atomic mass is 32.2. The molecule has 0 aliphatic heterocycles. The van der Waals surface area contributed by atoms with Crippen molar-refractivity contribution >= 4 is 15.9 Å². The normalized spacial score (nSPS) is 11.5. The largest absolute Gasteiger partial charge is 0.352 e. The molecule has 0 heterocycles. The van der Waals surface area contributed by atoms with Gasteiger partial charge < -0.3 is 5.32 Å². The number of nitrogens with zero attached hydrogens (tertiary/aromatic N) is 1. The van der Waals surface area contributed by atoms with Crippen LogP contribution in [0.25, 0.3) is 0 Å². The highest BCUT2D eigenvalue weighted by Gasteiger charge is 2.20. The fraction of sp³-hybridized carbons (Fsp3) is 0.278. The molecule has 6 heteroatoms. The van der Waals surface area contributed by atoms with Gasteiger partial charge in [-0.1, -0.05) is 42.5 Å². The minimum atomic E-state index is -3.54. The zero-order valence-corrected chi connectivity index (χ0v) is 14.9. The van der Waals surface area contributed by atoms with E-state index in [2.05, 4.69) is 5.32 Å². The van der Waals surface area contributed by atoms with Crippen LogP contribution < -0.4 is 5.32 Å². The molecule has 2 rings (SSSR count). The second-order valence-electron chi connectivity index (χ2n) is 5.78. The first-order chi connectivity index (χ1) is 11.3. The second kappa shape index (κ2) is 7.59. The van der Waals surface area contributed by atoms with Crippen LogP contribution in [0, 0.1) is 6.92 Å². The van der Waals surface area contributed by atoms with Gasteiger partial charge in [0.2, 0.25) is 15.9 Å².